The molecule has 0 aromatic rings. The van der Waals surface area contributed by atoms with Crippen LogP contribution in [0.1, 0.15) is 168 Å². The summed E-state index contributed by atoms with van der Waals surface area (Å²) in [6, 6.07) is 0. The first-order valence-electron chi connectivity index (χ1n) is 23.6. The molecule has 2 aliphatic rings. The molecule has 8 unspecified atom stereocenters. The Morgan fingerprint density at radius 1 is 0.581 bits per heavy atom. The highest BCUT2D eigenvalue weighted by Crippen LogP contribution is 2.47. The number of carbonyl (C=O) groups excluding carboxylic acids is 2. The van der Waals surface area contributed by atoms with Crippen molar-refractivity contribution < 1.29 is 67.8 Å². The molecule has 358 valence electrons. The van der Waals surface area contributed by atoms with E-state index in [-0.39, 0.29) is 12.8 Å². The number of unbranched alkanes of at least 4 members (excludes halogenated alkanes) is 15. The van der Waals surface area contributed by atoms with Crippen molar-refractivity contribution in [1.29, 1.82) is 0 Å². The van der Waals surface area contributed by atoms with Gasteiger partial charge in [-0.15, -0.1) is 0 Å². The quantitative estimate of drug-likeness (QED) is 0.0114. The first-order valence-corrected chi connectivity index (χ1v) is 25.1. The molecule has 1 heterocycles. The molecular formula is C47H81O14P. The van der Waals surface area contributed by atoms with Gasteiger partial charge in [-0.1, -0.05) is 152 Å². The Balaban J connectivity index is 1.71. The van der Waals surface area contributed by atoms with Gasteiger partial charge in [0.2, 0.25) is 0 Å². The van der Waals surface area contributed by atoms with Gasteiger partial charge in [0.25, 0.3) is 0 Å². The van der Waals surface area contributed by atoms with E-state index >= 15 is 0 Å². The number of rotatable bonds is 37. The molecule has 2 rings (SSSR count). The van der Waals surface area contributed by atoms with E-state index in [1.807, 2.05) is 12.2 Å². The van der Waals surface area contributed by atoms with Gasteiger partial charge in [-0.3, -0.25) is 18.6 Å². The Morgan fingerprint density at radius 2 is 1.05 bits per heavy atom. The second-order valence-corrected chi connectivity index (χ2v) is 18.0. The molecule has 0 amide bonds. The van der Waals surface area contributed by atoms with E-state index in [0.29, 0.717) is 31.5 Å². The highest BCUT2D eigenvalue weighted by atomic mass is 31.2. The molecule has 8 atom stereocenters. The number of esters is 2. The van der Waals surface area contributed by atoms with Gasteiger partial charge in [0.1, 0.15) is 43.2 Å². The maximum Gasteiger partial charge on any atom is 0.472 e. The fourth-order valence-corrected chi connectivity index (χ4v) is 8.19. The van der Waals surface area contributed by atoms with Gasteiger partial charge in [-0.05, 0) is 51.4 Å². The van der Waals surface area contributed by atoms with Gasteiger partial charge in [-0.2, -0.15) is 0 Å². The Morgan fingerprint density at radius 3 is 1.56 bits per heavy atom. The standard InChI is InChI=1S/C47H81O14P/c1-3-5-6-7-8-9-10-11-12-15-18-21-24-27-30-33-40(48)57-35-37(36-58-62(55,56)61-47-45(53)43(51)42(50)44(52)46(47)54)59-41(49)34-31-28-25-22-19-16-13-14-17-20-23-26-29-32-39-38(4-2)60-39/h13,16-17,20,22,25-26,29,37-39,42-47,50-54H,3-12,14-15,18-19,21,23-24,27-28,30-36H2,1-2H3,(H,55,56)/b16-13-,20-17-,25-22-,29-26-. The number of carbonyl (C=O) groups is 2. The smallest absolute Gasteiger partial charge is 0.462 e. The molecule has 62 heavy (non-hydrogen) atoms. The number of aliphatic hydroxyl groups is 5. The number of phosphoric acid groups is 1. The molecule has 14 nitrogen and oxygen atoms in total. The van der Waals surface area contributed by atoms with Gasteiger partial charge < -0.3 is 44.6 Å². The summed E-state index contributed by atoms with van der Waals surface area (Å²) in [5, 5.41) is 50.2. The number of phosphoric ester groups is 1. The van der Waals surface area contributed by atoms with Crippen molar-refractivity contribution in [3.63, 3.8) is 0 Å². The first kappa shape index (κ1) is 55.9. The first-order chi connectivity index (χ1) is 29.9. The third-order valence-electron chi connectivity index (χ3n) is 11.2. The average Bonchev–Trinajstić information content (AvgIpc) is 4.03. The summed E-state index contributed by atoms with van der Waals surface area (Å²) < 4.78 is 39.0. The van der Waals surface area contributed by atoms with Crippen molar-refractivity contribution in [2.75, 3.05) is 13.2 Å². The van der Waals surface area contributed by atoms with Gasteiger partial charge in [0, 0.05) is 12.8 Å². The molecule has 0 aromatic heterocycles. The summed E-state index contributed by atoms with van der Waals surface area (Å²) in [7, 11) is -5.14. The Hall–Kier alpha value is -2.23. The number of aliphatic hydroxyl groups excluding tert-OH is 5. The number of epoxide rings is 1. The minimum atomic E-state index is -5.14. The van der Waals surface area contributed by atoms with Crippen LogP contribution in [0, 0.1) is 0 Å². The lowest BCUT2D eigenvalue weighted by Gasteiger charge is -2.41. The van der Waals surface area contributed by atoms with Gasteiger partial charge in [0.05, 0.1) is 18.8 Å². The van der Waals surface area contributed by atoms with Crippen molar-refractivity contribution in [2.45, 2.75) is 223 Å². The van der Waals surface area contributed by atoms with Crippen LogP contribution in [0.4, 0.5) is 0 Å². The molecule has 1 saturated carbocycles. The maximum atomic E-state index is 12.8. The summed E-state index contributed by atoms with van der Waals surface area (Å²) in [5.41, 5.74) is 0. The molecule has 0 radical (unpaired) electrons. The predicted molar refractivity (Wildman–Crippen MR) is 239 cm³/mol. The summed E-state index contributed by atoms with van der Waals surface area (Å²) in [6.07, 6.45) is 27.9. The molecule has 2 fully saturated rings. The zero-order chi connectivity index (χ0) is 45.4. The van der Waals surface area contributed by atoms with Crippen LogP contribution < -0.4 is 0 Å². The van der Waals surface area contributed by atoms with Crippen LogP contribution >= 0.6 is 7.82 Å². The number of hydrogen-bond acceptors (Lipinski definition) is 13. The summed E-state index contributed by atoms with van der Waals surface area (Å²) in [5.74, 6) is -1.17. The molecule has 0 aromatic carbocycles. The average molecular weight is 901 g/mol. The molecule has 1 aliphatic heterocycles. The van der Waals surface area contributed by atoms with Crippen molar-refractivity contribution in [1.82, 2.24) is 0 Å². The zero-order valence-corrected chi connectivity index (χ0v) is 38.5. The number of allylic oxidation sites excluding steroid dienone is 7. The normalized spacial score (nSPS) is 25.5. The Labute approximate surface area is 371 Å². The maximum absolute atomic E-state index is 12.8. The lowest BCUT2D eigenvalue weighted by molar-refractivity contribution is -0.220. The fraction of sp³-hybridized carbons (Fsp3) is 0.787. The number of hydrogen-bond donors (Lipinski definition) is 6. The highest BCUT2D eigenvalue weighted by molar-refractivity contribution is 7.47. The van der Waals surface area contributed by atoms with Crippen LogP contribution in [0.2, 0.25) is 0 Å². The predicted octanol–water partition coefficient (Wildman–Crippen LogP) is 8.16. The van der Waals surface area contributed by atoms with Gasteiger partial charge >= 0.3 is 19.8 Å². The second-order valence-electron chi connectivity index (χ2n) is 16.6. The van der Waals surface area contributed by atoms with Crippen LogP contribution in [0.25, 0.3) is 0 Å². The van der Waals surface area contributed by atoms with E-state index in [4.69, 9.17) is 23.3 Å². The molecular weight excluding hydrogens is 819 g/mol. The van der Waals surface area contributed by atoms with Crippen LogP contribution in [0.3, 0.4) is 0 Å². The molecule has 1 saturated heterocycles. The topological polar surface area (TPSA) is 222 Å². The molecule has 6 N–H and O–H groups in total. The third kappa shape index (κ3) is 25.9. The van der Waals surface area contributed by atoms with Crippen molar-refractivity contribution >= 4 is 19.8 Å². The minimum Gasteiger partial charge on any atom is -0.462 e. The van der Waals surface area contributed by atoms with E-state index in [1.54, 1.807) is 0 Å². The SMILES string of the molecule is CCCCCCCCCCCCCCCCCC(=O)OCC(COP(=O)(O)OC1C(O)C(O)C(O)C(O)C1O)OC(=O)CCC/C=C\C/C=C\C/C=C\C/C=C\CC1OC1CC. The van der Waals surface area contributed by atoms with E-state index in [2.05, 4.69) is 50.3 Å². The van der Waals surface area contributed by atoms with E-state index < -0.39 is 75.7 Å². The minimum absolute atomic E-state index is 0.0156. The molecule has 0 spiro atoms. The lowest BCUT2D eigenvalue weighted by atomic mass is 9.85. The van der Waals surface area contributed by atoms with Crippen LogP contribution in [-0.2, 0) is 37.4 Å². The third-order valence-corrected chi connectivity index (χ3v) is 12.1. The number of ether oxygens (including phenoxy) is 3. The second kappa shape index (κ2) is 34.2. The van der Waals surface area contributed by atoms with Gasteiger partial charge in [-0.25, -0.2) is 4.57 Å². The summed E-state index contributed by atoms with van der Waals surface area (Å²) >= 11 is 0. The van der Waals surface area contributed by atoms with Crippen LogP contribution in [-0.4, -0.2) is 111 Å². The van der Waals surface area contributed by atoms with Gasteiger partial charge in [0.15, 0.2) is 6.10 Å². The molecule has 0 bridgehead atoms. The highest BCUT2D eigenvalue weighted by Gasteiger charge is 2.51. The van der Waals surface area contributed by atoms with Crippen molar-refractivity contribution in [2.24, 2.45) is 0 Å². The zero-order valence-electron chi connectivity index (χ0n) is 37.6. The monoisotopic (exact) mass is 901 g/mol. The molecule has 1 aliphatic carbocycles. The lowest BCUT2D eigenvalue weighted by Crippen LogP contribution is -2.64. The van der Waals surface area contributed by atoms with E-state index in [9.17, 15) is 44.6 Å². The van der Waals surface area contributed by atoms with Crippen molar-refractivity contribution in [3.05, 3.63) is 48.6 Å². The summed E-state index contributed by atoms with van der Waals surface area (Å²) in [6.45, 7) is 3.16. The fourth-order valence-electron chi connectivity index (χ4n) is 7.21. The van der Waals surface area contributed by atoms with E-state index in [1.165, 1.54) is 70.6 Å². The largest absolute Gasteiger partial charge is 0.472 e. The Kier molecular flexibility index (Phi) is 30.8. The van der Waals surface area contributed by atoms with E-state index in [0.717, 1.165) is 51.4 Å². The summed E-state index contributed by atoms with van der Waals surface area (Å²) in [4.78, 5) is 35.7. The Bertz CT molecular complexity index is 1340. The van der Waals surface area contributed by atoms with Crippen LogP contribution in [0.5, 0.6) is 0 Å². The van der Waals surface area contributed by atoms with Crippen molar-refractivity contribution in [3.8, 4) is 0 Å². The van der Waals surface area contributed by atoms with Crippen LogP contribution in [0.15, 0.2) is 48.6 Å². The molecule has 15 heteroatoms.